The fourth-order valence-electron chi connectivity index (χ4n) is 1.79. The maximum absolute atomic E-state index is 11.7. The molecule has 1 aliphatic heterocycles. The Balaban J connectivity index is 0.00000289. The average Bonchev–Trinajstić information content (AvgIpc) is 2.38. The average molecular weight is 280 g/mol. The third-order valence-electron chi connectivity index (χ3n) is 3.39. The van der Waals surface area contributed by atoms with Crippen molar-refractivity contribution in [2.75, 3.05) is 39.4 Å². The molecular formula is C12H26ClN3O2. The lowest BCUT2D eigenvalue weighted by molar-refractivity contribution is -0.123. The normalized spacial score (nSPS) is 19.7. The van der Waals surface area contributed by atoms with Crippen molar-refractivity contribution >= 4 is 18.3 Å². The summed E-state index contributed by atoms with van der Waals surface area (Å²) in [4.78, 5) is 14.0. The SMILES string of the molecule is CCC(C)C(N)C(=O)NCCN1CCOCC1.Cl. The van der Waals surface area contributed by atoms with Crippen LogP contribution >= 0.6 is 12.4 Å². The molecule has 0 saturated carbocycles. The van der Waals surface area contributed by atoms with Gasteiger partial charge in [0, 0.05) is 26.2 Å². The summed E-state index contributed by atoms with van der Waals surface area (Å²) < 4.78 is 5.26. The zero-order chi connectivity index (χ0) is 12.7. The van der Waals surface area contributed by atoms with Crippen LogP contribution in [0, 0.1) is 5.92 Å². The number of amides is 1. The number of nitrogens with one attached hydrogen (secondary N) is 1. The first-order valence-corrected chi connectivity index (χ1v) is 6.48. The number of ether oxygens (including phenoxy) is 1. The minimum Gasteiger partial charge on any atom is -0.379 e. The van der Waals surface area contributed by atoms with Crippen LogP contribution in [0.25, 0.3) is 0 Å². The van der Waals surface area contributed by atoms with Gasteiger partial charge >= 0.3 is 0 Å². The van der Waals surface area contributed by atoms with Crippen molar-refractivity contribution < 1.29 is 9.53 Å². The predicted molar refractivity (Wildman–Crippen MR) is 74.9 cm³/mol. The summed E-state index contributed by atoms with van der Waals surface area (Å²) >= 11 is 0. The summed E-state index contributed by atoms with van der Waals surface area (Å²) in [6.07, 6.45) is 0.929. The lowest BCUT2D eigenvalue weighted by atomic mass is 9.99. The highest BCUT2D eigenvalue weighted by atomic mass is 35.5. The van der Waals surface area contributed by atoms with Crippen LogP contribution in [0.5, 0.6) is 0 Å². The zero-order valence-electron chi connectivity index (χ0n) is 11.4. The third-order valence-corrected chi connectivity index (χ3v) is 3.39. The third kappa shape index (κ3) is 6.00. The summed E-state index contributed by atoms with van der Waals surface area (Å²) in [6, 6.07) is -0.385. The Kier molecular flexibility index (Phi) is 9.36. The summed E-state index contributed by atoms with van der Waals surface area (Å²) in [7, 11) is 0. The van der Waals surface area contributed by atoms with Crippen molar-refractivity contribution in [2.24, 2.45) is 11.7 Å². The Morgan fingerprint density at radius 1 is 1.44 bits per heavy atom. The zero-order valence-corrected chi connectivity index (χ0v) is 12.2. The Labute approximate surface area is 116 Å². The lowest BCUT2D eigenvalue weighted by Gasteiger charge is -2.27. The molecule has 1 amide bonds. The van der Waals surface area contributed by atoms with Crippen molar-refractivity contribution in [3.05, 3.63) is 0 Å². The van der Waals surface area contributed by atoms with Gasteiger partial charge in [0.1, 0.15) is 0 Å². The molecule has 3 N–H and O–H groups in total. The number of hydrogen-bond acceptors (Lipinski definition) is 4. The largest absolute Gasteiger partial charge is 0.379 e. The second-order valence-corrected chi connectivity index (χ2v) is 4.66. The Morgan fingerprint density at radius 2 is 2.06 bits per heavy atom. The van der Waals surface area contributed by atoms with Crippen LogP contribution in [0.2, 0.25) is 0 Å². The molecule has 0 spiro atoms. The molecule has 0 aliphatic carbocycles. The van der Waals surface area contributed by atoms with Gasteiger partial charge in [0.2, 0.25) is 5.91 Å². The van der Waals surface area contributed by atoms with Crippen LogP contribution in [-0.4, -0.2) is 56.2 Å². The molecule has 1 aliphatic rings. The van der Waals surface area contributed by atoms with Crippen LogP contribution in [0.4, 0.5) is 0 Å². The van der Waals surface area contributed by atoms with E-state index in [1.165, 1.54) is 0 Å². The lowest BCUT2D eigenvalue weighted by Crippen LogP contribution is -2.47. The molecule has 0 bridgehead atoms. The van der Waals surface area contributed by atoms with Gasteiger partial charge in [-0.25, -0.2) is 0 Å². The van der Waals surface area contributed by atoms with Gasteiger partial charge in [-0.1, -0.05) is 20.3 Å². The van der Waals surface area contributed by atoms with Gasteiger partial charge < -0.3 is 15.8 Å². The molecule has 1 rings (SSSR count). The molecule has 1 heterocycles. The molecule has 0 aromatic carbocycles. The molecule has 108 valence electrons. The first-order chi connectivity index (χ1) is 8.15. The van der Waals surface area contributed by atoms with E-state index in [1.807, 2.05) is 13.8 Å². The summed E-state index contributed by atoms with van der Waals surface area (Å²) in [5, 5.41) is 2.90. The Morgan fingerprint density at radius 3 is 2.61 bits per heavy atom. The van der Waals surface area contributed by atoms with Crippen molar-refractivity contribution in [3.8, 4) is 0 Å². The van der Waals surface area contributed by atoms with E-state index in [2.05, 4.69) is 10.2 Å². The van der Waals surface area contributed by atoms with Gasteiger partial charge in [-0.15, -0.1) is 12.4 Å². The fourth-order valence-corrected chi connectivity index (χ4v) is 1.79. The minimum atomic E-state index is -0.385. The highest BCUT2D eigenvalue weighted by molar-refractivity contribution is 5.85. The van der Waals surface area contributed by atoms with Crippen LogP contribution in [0.1, 0.15) is 20.3 Å². The molecule has 5 nitrogen and oxygen atoms in total. The number of halogens is 1. The smallest absolute Gasteiger partial charge is 0.237 e. The summed E-state index contributed by atoms with van der Waals surface area (Å²) in [5.41, 5.74) is 5.84. The van der Waals surface area contributed by atoms with Gasteiger partial charge in [-0.3, -0.25) is 9.69 Å². The second kappa shape index (κ2) is 9.55. The topological polar surface area (TPSA) is 67.6 Å². The van der Waals surface area contributed by atoms with Gasteiger partial charge in [0.15, 0.2) is 0 Å². The van der Waals surface area contributed by atoms with E-state index in [1.54, 1.807) is 0 Å². The highest BCUT2D eigenvalue weighted by Gasteiger charge is 2.19. The maximum atomic E-state index is 11.7. The minimum absolute atomic E-state index is 0. The summed E-state index contributed by atoms with van der Waals surface area (Å²) in [6.45, 7) is 9.09. The van der Waals surface area contributed by atoms with Gasteiger partial charge in [-0.2, -0.15) is 0 Å². The fraction of sp³-hybridized carbons (Fsp3) is 0.917. The van der Waals surface area contributed by atoms with E-state index in [4.69, 9.17) is 10.5 Å². The predicted octanol–water partition coefficient (Wildman–Crippen LogP) is 0.230. The van der Waals surface area contributed by atoms with Gasteiger partial charge in [0.25, 0.3) is 0 Å². The van der Waals surface area contributed by atoms with Gasteiger partial charge in [-0.05, 0) is 5.92 Å². The van der Waals surface area contributed by atoms with Crippen molar-refractivity contribution in [3.63, 3.8) is 0 Å². The van der Waals surface area contributed by atoms with Crippen LogP contribution in [0.15, 0.2) is 0 Å². The molecule has 1 saturated heterocycles. The molecule has 2 unspecified atom stereocenters. The molecule has 18 heavy (non-hydrogen) atoms. The molecule has 6 heteroatoms. The van der Waals surface area contributed by atoms with E-state index in [-0.39, 0.29) is 30.3 Å². The van der Waals surface area contributed by atoms with Crippen LogP contribution in [0.3, 0.4) is 0 Å². The standard InChI is InChI=1S/C12H25N3O2.ClH/c1-3-10(2)11(13)12(16)14-4-5-15-6-8-17-9-7-15;/h10-11H,3-9,13H2,1-2H3,(H,14,16);1H. The van der Waals surface area contributed by atoms with Crippen molar-refractivity contribution in [1.29, 1.82) is 0 Å². The Hall–Kier alpha value is -0.360. The van der Waals surface area contributed by atoms with Crippen LogP contribution < -0.4 is 11.1 Å². The van der Waals surface area contributed by atoms with E-state index >= 15 is 0 Å². The molecular weight excluding hydrogens is 254 g/mol. The quantitative estimate of drug-likeness (QED) is 0.730. The number of carbonyl (C=O) groups is 1. The molecule has 2 atom stereocenters. The molecule has 0 aromatic heterocycles. The number of nitrogens with zero attached hydrogens (tertiary/aromatic N) is 1. The number of carbonyl (C=O) groups excluding carboxylic acids is 1. The summed E-state index contributed by atoms with van der Waals surface area (Å²) in [5.74, 6) is 0.200. The number of nitrogens with two attached hydrogens (primary N) is 1. The van der Waals surface area contributed by atoms with Crippen LogP contribution in [-0.2, 0) is 9.53 Å². The van der Waals surface area contributed by atoms with E-state index < -0.39 is 0 Å². The maximum Gasteiger partial charge on any atom is 0.237 e. The van der Waals surface area contributed by atoms with Crippen molar-refractivity contribution in [2.45, 2.75) is 26.3 Å². The van der Waals surface area contributed by atoms with Gasteiger partial charge in [0.05, 0.1) is 19.3 Å². The highest BCUT2D eigenvalue weighted by Crippen LogP contribution is 2.04. The number of hydrogen-bond donors (Lipinski definition) is 2. The van der Waals surface area contributed by atoms with E-state index in [0.29, 0.717) is 6.54 Å². The first-order valence-electron chi connectivity index (χ1n) is 6.48. The Bertz CT molecular complexity index is 235. The monoisotopic (exact) mass is 279 g/mol. The van der Waals surface area contributed by atoms with Crippen molar-refractivity contribution in [1.82, 2.24) is 10.2 Å². The first kappa shape index (κ1) is 17.6. The van der Waals surface area contributed by atoms with E-state index in [0.717, 1.165) is 39.3 Å². The molecule has 0 aromatic rings. The number of morpholine rings is 1. The number of rotatable bonds is 6. The molecule has 1 fully saturated rings. The van der Waals surface area contributed by atoms with E-state index in [9.17, 15) is 4.79 Å². The molecule has 0 radical (unpaired) electrons. The second-order valence-electron chi connectivity index (χ2n) is 4.66.